The first-order valence-corrected chi connectivity index (χ1v) is 10.0. The highest BCUT2D eigenvalue weighted by Gasteiger charge is 2.29. The molecule has 0 amide bonds. The van der Waals surface area contributed by atoms with E-state index in [-0.39, 0.29) is 5.56 Å². The predicted molar refractivity (Wildman–Crippen MR) is 102 cm³/mol. The second kappa shape index (κ2) is 6.07. The van der Waals surface area contributed by atoms with E-state index in [2.05, 4.69) is 11.1 Å². The lowest BCUT2D eigenvalue weighted by Crippen LogP contribution is -2.36. The number of aryl methyl sites for hydroxylation is 2. The summed E-state index contributed by atoms with van der Waals surface area (Å²) in [6, 6.07) is 12.9. The Morgan fingerprint density at radius 2 is 1.77 bits per heavy atom. The molecule has 0 spiro atoms. The lowest BCUT2D eigenvalue weighted by molar-refractivity contribution is 0.391. The predicted octanol–water partition coefficient (Wildman–Crippen LogP) is 2.89. The quantitative estimate of drug-likeness (QED) is 0.756. The summed E-state index contributed by atoms with van der Waals surface area (Å²) in [7, 11) is -3.54. The highest BCUT2D eigenvalue weighted by molar-refractivity contribution is 7.89. The highest BCUT2D eigenvalue weighted by atomic mass is 32.2. The fourth-order valence-electron chi connectivity index (χ4n) is 3.54. The van der Waals surface area contributed by atoms with Crippen LogP contribution in [0.3, 0.4) is 0 Å². The van der Waals surface area contributed by atoms with Crippen molar-refractivity contribution in [1.82, 2.24) is 9.29 Å². The molecular formula is C20H20N2O3S. The lowest BCUT2D eigenvalue weighted by Gasteiger charge is -2.29. The van der Waals surface area contributed by atoms with Gasteiger partial charge in [-0.3, -0.25) is 4.79 Å². The molecule has 1 aromatic heterocycles. The SMILES string of the molecule is Cc1ccccc1S(=O)(=O)N1CCc2cc3cc(C)c(=O)[nH]c3cc2C1. The van der Waals surface area contributed by atoms with Gasteiger partial charge in [-0.05, 0) is 66.6 Å². The van der Waals surface area contributed by atoms with E-state index < -0.39 is 10.0 Å². The Balaban J connectivity index is 1.76. The molecule has 0 aliphatic carbocycles. The first-order chi connectivity index (χ1) is 12.4. The third kappa shape index (κ3) is 2.75. The number of aromatic nitrogens is 1. The van der Waals surface area contributed by atoms with Crippen LogP contribution in [0.5, 0.6) is 0 Å². The van der Waals surface area contributed by atoms with E-state index in [9.17, 15) is 13.2 Å². The van der Waals surface area contributed by atoms with Crippen LogP contribution in [-0.2, 0) is 23.0 Å². The number of rotatable bonds is 2. The minimum absolute atomic E-state index is 0.113. The maximum atomic E-state index is 13.0. The van der Waals surface area contributed by atoms with E-state index in [1.54, 1.807) is 19.1 Å². The zero-order chi connectivity index (χ0) is 18.5. The van der Waals surface area contributed by atoms with Crippen LogP contribution in [0, 0.1) is 13.8 Å². The van der Waals surface area contributed by atoms with Crippen LogP contribution in [0.2, 0.25) is 0 Å². The van der Waals surface area contributed by atoms with Gasteiger partial charge in [0.25, 0.3) is 5.56 Å². The molecule has 4 rings (SSSR count). The molecule has 0 radical (unpaired) electrons. The van der Waals surface area contributed by atoms with Crippen molar-refractivity contribution in [2.75, 3.05) is 6.54 Å². The van der Waals surface area contributed by atoms with Gasteiger partial charge in [-0.1, -0.05) is 18.2 Å². The second-order valence-corrected chi connectivity index (χ2v) is 8.75. The van der Waals surface area contributed by atoms with Crippen molar-refractivity contribution in [1.29, 1.82) is 0 Å². The summed E-state index contributed by atoms with van der Waals surface area (Å²) >= 11 is 0. The van der Waals surface area contributed by atoms with Crippen molar-refractivity contribution in [2.24, 2.45) is 0 Å². The number of pyridine rings is 1. The first-order valence-electron chi connectivity index (χ1n) is 8.57. The monoisotopic (exact) mass is 368 g/mol. The van der Waals surface area contributed by atoms with Crippen molar-refractivity contribution >= 4 is 20.9 Å². The molecule has 0 bridgehead atoms. The van der Waals surface area contributed by atoms with Crippen molar-refractivity contribution in [2.45, 2.75) is 31.7 Å². The number of nitrogens with zero attached hydrogens (tertiary/aromatic N) is 1. The maximum Gasteiger partial charge on any atom is 0.251 e. The largest absolute Gasteiger partial charge is 0.322 e. The second-order valence-electron chi connectivity index (χ2n) is 6.84. The third-order valence-corrected chi connectivity index (χ3v) is 7.04. The Hall–Kier alpha value is -2.44. The number of fused-ring (bicyclic) bond motifs is 2. The topological polar surface area (TPSA) is 70.2 Å². The number of H-pyrrole nitrogens is 1. The summed E-state index contributed by atoms with van der Waals surface area (Å²) in [6.07, 6.45) is 0.661. The van der Waals surface area contributed by atoms with Crippen molar-refractivity contribution in [3.05, 3.63) is 75.1 Å². The standard InChI is InChI=1S/C20H20N2O3S/c1-13-5-3-4-6-19(13)26(24,25)22-8-7-15-10-16-9-14(2)20(23)21-18(16)11-17(15)12-22/h3-6,9-11H,7-8,12H2,1-2H3,(H,21,23). The summed E-state index contributed by atoms with van der Waals surface area (Å²) in [6.45, 7) is 4.37. The van der Waals surface area contributed by atoms with Gasteiger partial charge in [0, 0.05) is 24.2 Å². The summed E-state index contributed by atoms with van der Waals surface area (Å²) in [5, 5.41) is 0.982. The molecule has 5 nitrogen and oxygen atoms in total. The Labute approximate surface area is 152 Å². The maximum absolute atomic E-state index is 13.0. The fourth-order valence-corrected chi connectivity index (χ4v) is 5.18. The normalized spacial score (nSPS) is 15.2. The number of benzene rings is 2. The molecule has 3 aromatic rings. The Bertz CT molecular complexity index is 1180. The molecule has 0 fully saturated rings. The molecule has 1 N–H and O–H groups in total. The molecule has 2 aromatic carbocycles. The van der Waals surface area contributed by atoms with E-state index in [1.807, 2.05) is 31.2 Å². The minimum atomic E-state index is -3.54. The van der Waals surface area contributed by atoms with Gasteiger partial charge in [0.15, 0.2) is 0 Å². The highest BCUT2D eigenvalue weighted by Crippen LogP contribution is 2.28. The number of aromatic amines is 1. The van der Waals surface area contributed by atoms with Crippen LogP contribution in [0.1, 0.15) is 22.3 Å². The van der Waals surface area contributed by atoms with Gasteiger partial charge in [-0.2, -0.15) is 4.31 Å². The summed E-state index contributed by atoms with van der Waals surface area (Å²) in [5.41, 5.74) is 4.14. The van der Waals surface area contributed by atoms with Crippen molar-refractivity contribution in [3.63, 3.8) is 0 Å². The Morgan fingerprint density at radius 3 is 2.54 bits per heavy atom. The van der Waals surface area contributed by atoms with Gasteiger partial charge in [0.05, 0.1) is 4.90 Å². The lowest BCUT2D eigenvalue weighted by atomic mass is 9.98. The van der Waals surface area contributed by atoms with E-state index in [4.69, 9.17) is 0 Å². The van der Waals surface area contributed by atoms with Gasteiger partial charge in [0.2, 0.25) is 10.0 Å². The van der Waals surface area contributed by atoms with E-state index in [1.165, 1.54) is 4.31 Å². The van der Waals surface area contributed by atoms with Gasteiger partial charge in [0.1, 0.15) is 0 Å². The molecule has 1 aliphatic heterocycles. The molecule has 0 saturated carbocycles. The van der Waals surface area contributed by atoms with Gasteiger partial charge >= 0.3 is 0 Å². The first kappa shape index (κ1) is 17.0. The summed E-state index contributed by atoms with van der Waals surface area (Å²) in [4.78, 5) is 15.1. The van der Waals surface area contributed by atoms with Gasteiger partial charge in [-0.15, -0.1) is 0 Å². The average Bonchev–Trinajstić information content (AvgIpc) is 2.61. The van der Waals surface area contributed by atoms with Gasteiger partial charge < -0.3 is 4.98 Å². The van der Waals surface area contributed by atoms with Crippen LogP contribution < -0.4 is 5.56 Å². The number of hydrogen-bond donors (Lipinski definition) is 1. The molecule has 0 unspecified atom stereocenters. The molecule has 2 heterocycles. The van der Waals surface area contributed by atoms with Crippen LogP contribution in [0.4, 0.5) is 0 Å². The zero-order valence-corrected chi connectivity index (χ0v) is 15.6. The molecular weight excluding hydrogens is 348 g/mol. The van der Waals surface area contributed by atoms with Crippen LogP contribution in [0.15, 0.2) is 52.2 Å². The molecule has 134 valence electrons. The minimum Gasteiger partial charge on any atom is -0.322 e. The molecule has 1 aliphatic rings. The number of nitrogens with one attached hydrogen (secondary N) is 1. The summed E-state index contributed by atoms with van der Waals surface area (Å²) in [5.74, 6) is 0. The fraction of sp³-hybridized carbons (Fsp3) is 0.250. The summed E-state index contributed by atoms with van der Waals surface area (Å²) < 4.78 is 27.6. The number of sulfonamides is 1. The van der Waals surface area contributed by atoms with Gasteiger partial charge in [-0.25, -0.2) is 8.42 Å². The molecule has 0 saturated heterocycles. The third-order valence-electron chi connectivity index (χ3n) is 5.04. The Kier molecular flexibility index (Phi) is 3.97. The smallest absolute Gasteiger partial charge is 0.251 e. The average molecular weight is 368 g/mol. The Morgan fingerprint density at radius 1 is 1.00 bits per heavy atom. The molecule has 0 atom stereocenters. The van der Waals surface area contributed by atoms with Crippen molar-refractivity contribution in [3.8, 4) is 0 Å². The number of hydrogen-bond acceptors (Lipinski definition) is 3. The zero-order valence-electron chi connectivity index (χ0n) is 14.7. The van der Waals surface area contributed by atoms with E-state index in [0.717, 1.165) is 27.6 Å². The van der Waals surface area contributed by atoms with Crippen LogP contribution in [-0.4, -0.2) is 24.3 Å². The van der Waals surface area contributed by atoms with E-state index in [0.29, 0.717) is 30.0 Å². The molecule has 26 heavy (non-hydrogen) atoms. The van der Waals surface area contributed by atoms with Crippen molar-refractivity contribution < 1.29 is 8.42 Å². The van der Waals surface area contributed by atoms with Crippen LogP contribution in [0.25, 0.3) is 10.9 Å². The van der Waals surface area contributed by atoms with E-state index >= 15 is 0 Å². The van der Waals surface area contributed by atoms with Crippen LogP contribution >= 0.6 is 0 Å². The molecule has 6 heteroatoms.